The molecule has 0 saturated carbocycles. The predicted octanol–water partition coefficient (Wildman–Crippen LogP) is 2.12. The zero-order valence-corrected chi connectivity index (χ0v) is 11.2. The number of aromatic carboxylic acids is 1. The Balaban J connectivity index is 1.71. The van der Waals surface area contributed by atoms with Gasteiger partial charge in [0, 0.05) is 25.7 Å². The summed E-state index contributed by atoms with van der Waals surface area (Å²) in [5, 5.41) is 10.1. The number of rotatable bonds is 2. The summed E-state index contributed by atoms with van der Waals surface area (Å²) in [6, 6.07) is 4.34. The van der Waals surface area contributed by atoms with Crippen molar-refractivity contribution in [2.75, 3.05) is 31.1 Å². The second kappa shape index (κ2) is 4.90. The molecule has 98 valence electrons. The van der Waals surface area contributed by atoms with Gasteiger partial charge in [-0.2, -0.15) is 0 Å². The van der Waals surface area contributed by atoms with Crippen LogP contribution in [0.3, 0.4) is 0 Å². The van der Waals surface area contributed by atoms with E-state index in [9.17, 15) is 4.79 Å². The molecule has 0 aliphatic carbocycles. The van der Waals surface area contributed by atoms with Crippen LogP contribution < -0.4 is 4.90 Å². The average molecular weight is 266 g/mol. The molecule has 0 amide bonds. The Bertz CT molecular complexity index is 446. The fourth-order valence-corrected chi connectivity index (χ4v) is 3.85. The molecule has 1 unspecified atom stereocenters. The summed E-state index contributed by atoms with van der Waals surface area (Å²) in [4.78, 5) is 16.3. The number of carbonyl (C=O) groups is 1. The van der Waals surface area contributed by atoms with Crippen molar-refractivity contribution in [2.45, 2.75) is 25.3 Å². The summed E-state index contributed by atoms with van der Waals surface area (Å²) in [5.41, 5.74) is 0. The number of piperazine rings is 1. The minimum atomic E-state index is -0.817. The molecule has 4 nitrogen and oxygen atoms in total. The molecule has 2 fully saturated rings. The van der Waals surface area contributed by atoms with E-state index < -0.39 is 5.97 Å². The first kappa shape index (κ1) is 12.0. The van der Waals surface area contributed by atoms with Crippen molar-refractivity contribution in [2.24, 2.45) is 0 Å². The third-order valence-corrected chi connectivity index (χ3v) is 5.09. The Kier molecular flexibility index (Phi) is 3.26. The van der Waals surface area contributed by atoms with Crippen LogP contribution in [0.15, 0.2) is 12.1 Å². The van der Waals surface area contributed by atoms with Gasteiger partial charge in [-0.25, -0.2) is 4.79 Å². The Morgan fingerprint density at radius 1 is 1.28 bits per heavy atom. The zero-order valence-electron chi connectivity index (χ0n) is 10.3. The monoisotopic (exact) mass is 266 g/mol. The molecule has 1 aromatic heterocycles. The van der Waals surface area contributed by atoms with Crippen molar-refractivity contribution >= 4 is 22.3 Å². The SMILES string of the molecule is O=C(O)c1ccc(N2CCN3CCCCC3C2)s1. The maximum absolute atomic E-state index is 10.9. The molecule has 0 radical (unpaired) electrons. The van der Waals surface area contributed by atoms with E-state index in [0.717, 1.165) is 24.6 Å². The van der Waals surface area contributed by atoms with Crippen LogP contribution in [0.25, 0.3) is 0 Å². The van der Waals surface area contributed by atoms with Crippen molar-refractivity contribution in [1.29, 1.82) is 0 Å². The first-order valence-electron chi connectivity index (χ1n) is 6.56. The Labute approximate surface area is 111 Å². The fraction of sp³-hybridized carbons (Fsp3) is 0.615. The van der Waals surface area contributed by atoms with Crippen LogP contribution in [0.1, 0.15) is 28.9 Å². The molecule has 0 bridgehead atoms. The topological polar surface area (TPSA) is 43.8 Å². The molecule has 1 N–H and O–H groups in total. The van der Waals surface area contributed by atoms with Gasteiger partial charge in [0.1, 0.15) is 4.88 Å². The molecule has 5 heteroatoms. The maximum atomic E-state index is 10.9. The molecule has 2 aliphatic heterocycles. The van der Waals surface area contributed by atoms with E-state index in [-0.39, 0.29) is 0 Å². The Morgan fingerprint density at radius 3 is 2.94 bits per heavy atom. The Hall–Kier alpha value is -1.07. The minimum Gasteiger partial charge on any atom is -0.477 e. The van der Waals surface area contributed by atoms with Crippen molar-refractivity contribution < 1.29 is 9.90 Å². The second-order valence-electron chi connectivity index (χ2n) is 5.07. The first-order valence-corrected chi connectivity index (χ1v) is 7.38. The molecular weight excluding hydrogens is 248 g/mol. The standard InChI is InChI=1S/C13H18N2O2S/c16-13(17)11-4-5-12(18-11)15-8-7-14-6-2-1-3-10(14)9-15/h4-5,10H,1-3,6-9H2,(H,16,17). The lowest BCUT2D eigenvalue weighted by atomic mass is 10.00. The highest BCUT2D eigenvalue weighted by atomic mass is 32.1. The van der Waals surface area contributed by atoms with Gasteiger partial charge in [0.2, 0.25) is 0 Å². The van der Waals surface area contributed by atoms with E-state index in [4.69, 9.17) is 5.11 Å². The molecule has 0 aromatic carbocycles. The number of piperidine rings is 1. The highest BCUT2D eigenvalue weighted by Crippen LogP contribution is 2.30. The van der Waals surface area contributed by atoms with Gasteiger partial charge >= 0.3 is 5.97 Å². The van der Waals surface area contributed by atoms with Crippen molar-refractivity contribution in [3.63, 3.8) is 0 Å². The normalized spacial score (nSPS) is 24.9. The lowest BCUT2D eigenvalue weighted by Crippen LogP contribution is -2.54. The smallest absolute Gasteiger partial charge is 0.345 e. The number of hydrogen-bond acceptors (Lipinski definition) is 4. The molecule has 18 heavy (non-hydrogen) atoms. The largest absolute Gasteiger partial charge is 0.477 e. The molecule has 1 atom stereocenters. The van der Waals surface area contributed by atoms with Crippen LogP contribution in [0.4, 0.5) is 5.00 Å². The van der Waals surface area contributed by atoms with Crippen LogP contribution >= 0.6 is 11.3 Å². The van der Waals surface area contributed by atoms with Crippen LogP contribution in [0, 0.1) is 0 Å². The highest BCUT2D eigenvalue weighted by Gasteiger charge is 2.29. The number of carboxylic acid groups (broad SMARTS) is 1. The number of anilines is 1. The van der Waals surface area contributed by atoms with Gasteiger partial charge in [0.05, 0.1) is 5.00 Å². The summed E-state index contributed by atoms with van der Waals surface area (Å²) in [7, 11) is 0. The summed E-state index contributed by atoms with van der Waals surface area (Å²) < 4.78 is 0. The molecule has 0 spiro atoms. The van der Waals surface area contributed by atoms with E-state index in [0.29, 0.717) is 10.9 Å². The third kappa shape index (κ3) is 2.24. The van der Waals surface area contributed by atoms with E-state index in [1.165, 1.54) is 37.1 Å². The predicted molar refractivity (Wildman–Crippen MR) is 72.7 cm³/mol. The van der Waals surface area contributed by atoms with E-state index in [1.807, 2.05) is 6.07 Å². The lowest BCUT2D eigenvalue weighted by Gasteiger charge is -2.44. The van der Waals surface area contributed by atoms with Gasteiger partial charge in [0.15, 0.2) is 0 Å². The van der Waals surface area contributed by atoms with E-state index in [1.54, 1.807) is 6.07 Å². The van der Waals surface area contributed by atoms with Crippen LogP contribution in [-0.4, -0.2) is 48.2 Å². The van der Waals surface area contributed by atoms with E-state index >= 15 is 0 Å². The van der Waals surface area contributed by atoms with Crippen LogP contribution in [0.2, 0.25) is 0 Å². The summed E-state index contributed by atoms with van der Waals surface area (Å²) in [5.74, 6) is -0.817. The molecule has 1 aromatic rings. The minimum absolute atomic E-state index is 0.441. The van der Waals surface area contributed by atoms with Crippen LogP contribution in [-0.2, 0) is 0 Å². The highest BCUT2D eigenvalue weighted by molar-refractivity contribution is 7.17. The lowest BCUT2D eigenvalue weighted by molar-refractivity contribution is 0.0702. The molecular formula is C13H18N2O2S. The Morgan fingerprint density at radius 2 is 2.17 bits per heavy atom. The molecule has 2 saturated heterocycles. The second-order valence-corrected chi connectivity index (χ2v) is 6.14. The first-order chi connectivity index (χ1) is 8.74. The summed E-state index contributed by atoms with van der Waals surface area (Å²) in [6.07, 6.45) is 3.95. The van der Waals surface area contributed by atoms with Gasteiger partial charge in [-0.15, -0.1) is 11.3 Å². The van der Waals surface area contributed by atoms with Crippen molar-refractivity contribution in [3.05, 3.63) is 17.0 Å². The van der Waals surface area contributed by atoms with Gasteiger partial charge in [-0.3, -0.25) is 4.90 Å². The number of nitrogens with zero attached hydrogens (tertiary/aromatic N) is 2. The van der Waals surface area contributed by atoms with E-state index in [2.05, 4.69) is 9.80 Å². The van der Waals surface area contributed by atoms with Crippen molar-refractivity contribution in [3.8, 4) is 0 Å². The number of fused-ring (bicyclic) bond motifs is 1. The van der Waals surface area contributed by atoms with Gasteiger partial charge in [-0.05, 0) is 31.5 Å². The zero-order chi connectivity index (χ0) is 12.5. The molecule has 2 aliphatic rings. The van der Waals surface area contributed by atoms with Crippen LogP contribution in [0.5, 0.6) is 0 Å². The molecule has 3 heterocycles. The van der Waals surface area contributed by atoms with Gasteiger partial charge < -0.3 is 10.0 Å². The summed E-state index contributed by atoms with van der Waals surface area (Å²) >= 11 is 1.39. The van der Waals surface area contributed by atoms with Gasteiger partial charge in [-0.1, -0.05) is 6.42 Å². The van der Waals surface area contributed by atoms with Gasteiger partial charge in [0.25, 0.3) is 0 Å². The number of carboxylic acids is 1. The number of thiophene rings is 1. The third-order valence-electron chi connectivity index (χ3n) is 3.95. The maximum Gasteiger partial charge on any atom is 0.345 e. The fourth-order valence-electron chi connectivity index (χ4n) is 2.97. The summed E-state index contributed by atoms with van der Waals surface area (Å²) in [6.45, 7) is 4.43. The average Bonchev–Trinajstić information content (AvgIpc) is 2.88. The van der Waals surface area contributed by atoms with Crippen molar-refractivity contribution in [1.82, 2.24) is 4.90 Å². The molecule has 3 rings (SSSR count). The quantitative estimate of drug-likeness (QED) is 0.890. The number of hydrogen-bond donors (Lipinski definition) is 1.